The Morgan fingerprint density at radius 2 is 1.22 bits per heavy atom. The second-order valence-corrected chi connectivity index (χ2v) is 5.00. The van der Waals surface area contributed by atoms with Crippen LogP contribution in [0.3, 0.4) is 0 Å². The first kappa shape index (κ1) is 12.8. The quantitative estimate of drug-likeness (QED) is 0.739. The van der Waals surface area contributed by atoms with Gasteiger partial charge in [-0.2, -0.15) is 10.2 Å². The lowest BCUT2D eigenvalue weighted by Gasteiger charge is -2.11. The van der Waals surface area contributed by atoms with Crippen molar-refractivity contribution in [1.29, 1.82) is 0 Å². The molecule has 4 heteroatoms. The van der Waals surface area contributed by atoms with Gasteiger partial charge in [0, 0.05) is 24.3 Å². The molecule has 0 bridgehead atoms. The fourth-order valence-corrected chi connectivity index (χ4v) is 1.71. The van der Waals surface area contributed by atoms with Crippen LogP contribution in [0.5, 0.6) is 0 Å². The van der Waals surface area contributed by atoms with Gasteiger partial charge in [-0.15, -0.1) is 0 Å². The number of benzene rings is 2. The highest BCUT2D eigenvalue weighted by Gasteiger charge is 1.95. The van der Waals surface area contributed by atoms with E-state index in [4.69, 9.17) is 0 Å². The van der Waals surface area contributed by atoms with Gasteiger partial charge in [0.05, 0.1) is 11.4 Å². The lowest BCUT2D eigenvalue weighted by Crippen LogP contribution is -2.07. The lowest BCUT2D eigenvalue weighted by molar-refractivity contribution is 1.13. The molecule has 2 rings (SSSR count). The van der Waals surface area contributed by atoms with Crippen molar-refractivity contribution in [2.24, 2.45) is 10.2 Å². The first-order chi connectivity index (χ1) is 8.65. The Balaban J connectivity index is 2.11. The Hall–Kier alpha value is -1.68. The van der Waals surface area contributed by atoms with Crippen LogP contribution in [-0.2, 0) is 0 Å². The molecule has 0 heterocycles. The molecule has 92 valence electrons. The largest absolute Gasteiger partial charge is 0.378 e. The molecule has 2 aromatic rings. The number of hydrogen-bond acceptors (Lipinski definition) is 3. The van der Waals surface area contributed by atoms with Crippen LogP contribution in [0.1, 0.15) is 0 Å². The van der Waals surface area contributed by atoms with Gasteiger partial charge in [0.2, 0.25) is 0 Å². The lowest BCUT2D eigenvalue weighted by atomic mass is 10.3. The zero-order valence-electron chi connectivity index (χ0n) is 10.3. The smallest absolute Gasteiger partial charge is 0.0858 e. The summed E-state index contributed by atoms with van der Waals surface area (Å²) in [4.78, 5) is 2.05. The van der Waals surface area contributed by atoms with E-state index in [0.29, 0.717) is 0 Å². The number of halogens is 1. The SMILES string of the molecule is CN(C)c1ccc(/N=N/c2ccc(Br)cc2)cc1. The monoisotopic (exact) mass is 303 g/mol. The molecule has 18 heavy (non-hydrogen) atoms. The van der Waals surface area contributed by atoms with Gasteiger partial charge in [0.1, 0.15) is 0 Å². The van der Waals surface area contributed by atoms with Gasteiger partial charge >= 0.3 is 0 Å². The van der Waals surface area contributed by atoms with Gasteiger partial charge in [0.25, 0.3) is 0 Å². The molecule has 0 aliphatic heterocycles. The summed E-state index contributed by atoms with van der Waals surface area (Å²) >= 11 is 3.39. The summed E-state index contributed by atoms with van der Waals surface area (Å²) in [6.45, 7) is 0. The van der Waals surface area contributed by atoms with Crippen LogP contribution in [0.4, 0.5) is 17.1 Å². The van der Waals surface area contributed by atoms with Crippen LogP contribution < -0.4 is 4.90 Å². The topological polar surface area (TPSA) is 28.0 Å². The normalized spacial score (nSPS) is 10.8. The summed E-state index contributed by atoms with van der Waals surface area (Å²) in [6.07, 6.45) is 0. The maximum absolute atomic E-state index is 4.20. The summed E-state index contributed by atoms with van der Waals surface area (Å²) in [5.41, 5.74) is 2.84. The predicted octanol–water partition coefficient (Wildman–Crippen LogP) is 4.93. The number of nitrogens with zero attached hydrogens (tertiary/aromatic N) is 3. The van der Waals surface area contributed by atoms with Crippen LogP contribution in [0, 0.1) is 0 Å². The third-order valence-corrected chi connectivity index (χ3v) is 3.00. The zero-order chi connectivity index (χ0) is 13.0. The second-order valence-electron chi connectivity index (χ2n) is 4.09. The third kappa shape index (κ3) is 3.40. The Labute approximate surface area is 115 Å². The van der Waals surface area contributed by atoms with E-state index in [2.05, 4.69) is 31.1 Å². The van der Waals surface area contributed by atoms with E-state index in [1.165, 1.54) is 0 Å². The molecule has 0 saturated heterocycles. The van der Waals surface area contributed by atoms with Crippen molar-refractivity contribution < 1.29 is 0 Å². The minimum Gasteiger partial charge on any atom is -0.378 e. The maximum atomic E-state index is 4.20. The number of hydrogen-bond donors (Lipinski definition) is 0. The third-order valence-electron chi connectivity index (χ3n) is 2.47. The van der Waals surface area contributed by atoms with E-state index in [9.17, 15) is 0 Å². The van der Waals surface area contributed by atoms with E-state index < -0.39 is 0 Å². The van der Waals surface area contributed by atoms with E-state index >= 15 is 0 Å². The minimum absolute atomic E-state index is 0.842. The maximum Gasteiger partial charge on any atom is 0.0858 e. The molecule has 0 unspecified atom stereocenters. The van der Waals surface area contributed by atoms with E-state index in [1.807, 2.05) is 62.6 Å². The summed E-state index contributed by atoms with van der Waals surface area (Å²) < 4.78 is 1.04. The van der Waals surface area contributed by atoms with Crippen molar-refractivity contribution in [1.82, 2.24) is 0 Å². The van der Waals surface area contributed by atoms with Gasteiger partial charge in [-0.25, -0.2) is 0 Å². The molecule has 2 aromatic carbocycles. The van der Waals surface area contributed by atoms with Crippen molar-refractivity contribution in [3.63, 3.8) is 0 Å². The van der Waals surface area contributed by atoms with Crippen LogP contribution in [0.25, 0.3) is 0 Å². The van der Waals surface area contributed by atoms with Crippen LogP contribution in [0.15, 0.2) is 63.2 Å². The highest BCUT2D eigenvalue weighted by molar-refractivity contribution is 9.10. The highest BCUT2D eigenvalue weighted by atomic mass is 79.9. The van der Waals surface area contributed by atoms with E-state index in [-0.39, 0.29) is 0 Å². The van der Waals surface area contributed by atoms with Gasteiger partial charge in [-0.1, -0.05) is 15.9 Å². The molecule has 0 aliphatic rings. The molecule has 0 amide bonds. The Bertz CT molecular complexity index is 530. The summed E-state index contributed by atoms with van der Waals surface area (Å²) in [6, 6.07) is 15.7. The van der Waals surface area contributed by atoms with E-state index in [1.54, 1.807) is 0 Å². The van der Waals surface area contributed by atoms with E-state index in [0.717, 1.165) is 21.5 Å². The average Bonchev–Trinajstić information content (AvgIpc) is 2.38. The highest BCUT2D eigenvalue weighted by Crippen LogP contribution is 2.22. The molecular weight excluding hydrogens is 290 g/mol. The summed E-state index contributed by atoms with van der Waals surface area (Å²) in [5, 5.41) is 8.38. The number of anilines is 1. The molecular formula is C14H14BrN3. The fraction of sp³-hybridized carbons (Fsp3) is 0.143. The molecule has 0 fully saturated rings. The van der Waals surface area contributed by atoms with Crippen molar-refractivity contribution in [2.75, 3.05) is 19.0 Å². The first-order valence-corrected chi connectivity index (χ1v) is 6.39. The summed E-state index contributed by atoms with van der Waals surface area (Å²) in [7, 11) is 4.02. The fourth-order valence-electron chi connectivity index (χ4n) is 1.44. The van der Waals surface area contributed by atoms with Crippen LogP contribution in [-0.4, -0.2) is 14.1 Å². The Kier molecular flexibility index (Phi) is 4.10. The van der Waals surface area contributed by atoms with Crippen molar-refractivity contribution in [2.45, 2.75) is 0 Å². The van der Waals surface area contributed by atoms with Gasteiger partial charge in [0.15, 0.2) is 0 Å². The van der Waals surface area contributed by atoms with Gasteiger partial charge in [-0.05, 0) is 48.5 Å². The van der Waals surface area contributed by atoms with Crippen LogP contribution >= 0.6 is 15.9 Å². The standard InChI is InChI=1S/C14H14BrN3/c1-18(2)14-9-7-13(8-10-14)17-16-12-5-3-11(15)4-6-12/h3-10H,1-2H3/b17-16+. The molecule has 0 aromatic heterocycles. The minimum atomic E-state index is 0.842. The van der Waals surface area contributed by atoms with Crippen molar-refractivity contribution >= 4 is 33.0 Å². The average molecular weight is 304 g/mol. The number of rotatable bonds is 3. The first-order valence-electron chi connectivity index (χ1n) is 5.60. The molecule has 0 aliphatic carbocycles. The molecule has 0 N–H and O–H groups in total. The van der Waals surface area contributed by atoms with Gasteiger partial charge < -0.3 is 4.90 Å². The van der Waals surface area contributed by atoms with Crippen LogP contribution in [0.2, 0.25) is 0 Å². The number of azo groups is 1. The Morgan fingerprint density at radius 3 is 1.67 bits per heavy atom. The van der Waals surface area contributed by atoms with Crippen molar-refractivity contribution in [3.8, 4) is 0 Å². The zero-order valence-corrected chi connectivity index (χ0v) is 11.9. The van der Waals surface area contributed by atoms with Crippen molar-refractivity contribution in [3.05, 3.63) is 53.0 Å². The summed E-state index contributed by atoms with van der Waals surface area (Å²) in [5.74, 6) is 0. The molecule has 3 nitrogen and oxygen atoms in total. The molecule has 0 atom stereocenters. The predicted molar refractivity (Wildman–Crippen MR) is 79.1 cm³/mol. The molecule has 0 radical (unpaired) electrons. The van der Waals surface area contributed by atoms with Gasteiger partial charge in [-0.3, -0.25) is 0 Å². The Morgan fingerprint density at radius 1 is 0.778 bits per heavy atom. The second kappa shape index (κ2) is 5.78. The molecule has 0 saturated carbocycles. The molecule has 0 spiro atoms.